The van der Waals surface area contributed by atoms with Gasteiger partial charge in [-0.2, -0.15) is 0 Å². The fraction of sp³-hybridized carbons (Fsp3) is 0.562. The van der Waals surface area contributed by atoms with Gasteiger partial charge in [-0.15, -0.1) is 10.2 Å². The average Bonchev–Trinajstić information content (AvgIpc) is 3.31. The molecule has 6 heteroatoms. The lowest BCUT2D eigenvalue weighted by atomic mass is 9.97. The number of aliphatic hydroxyl groups is 1. The maximum absolute atomic E-state index is 10.2. The number of hydrogen-bond acceptors (Lipinski definition) is 5. The van der Waals surface area contributed by atoms with Crippen LogP contribution in [0.3, 0.4) is 0 Å². The molecule has 0 radical (unpaired) electrons. The van der Waals surface area contributed by atoms with Crippen LogP contribution >= 0.6 is 11.8 Å². The van der Waals surface area contributed by atoms with E-state index in [1.54, 1.807) is 24.2 Å². The van der Waals surface area contributed by atoms with Gasteiger partial charge in [0.1, 0.15) is 0 Å². The van der Waals surface area contributed by atoms with E-state index in [1.165, 1.54) is 19.3 Å². The van der Waals surface area contributed by atoms with E-state index in [0.29, 0.717) is 6.04 Å². The zero-order valence-corrected chi connectivity index (χ0v) is 13.2. The Morgan fingerprint density at radius 2 is 1.82 bits per heavy atom. The molecule has 0 amide bonds. The van der Waals surface area contributed by atoms with Crippen molar-refractivity contribution in [2.45, 2.75) is 61.1 Å². The molecule has 2 atom stereocenters. The Kier molecular flexibility index (Phi) is 3.88. The molecule has 0 bridgehead atoms. The monoisotopic (exact) mass is 316 g/mol. The van der Waals surface area contributed by atoms with Crippen LogP contribution in [0.15, 0.2) is 29.7 Å². The minimum absolute atomic E-state index is 0.215. The predicted molar refractivity (Wildman–Crippen MR) is 85.6 cm³/mol. The van der Waals surface area contributed by atoms with Gasteiger partial charge in [0.15, 0.2) is 11.0 Å². The fourth-order valence-corrected chi connectivity index (χ4v) is 4.35. The Morgan fingerprint density at radius 1 is 1.05 bits per heavy atom. The van der Waals surface area contributed by atoms with Gasteiger partial charge in [-0.05, 0) is 37.8 Å². The lowest BCUT2D eigenvalue weighted by Gasteiger charge is -2.26. The summed E-state index contributed by atoms with van der Waals surface area (Å²) in [4.78, 5) is 4.08. The first kappa shape index (κ1) is 14.2. The second kappa shape index (κ2) is 6.01. The van der Waals surface area contributed by atoms with Crippen molar-refractivity contribution in [2.75, 3.05) is 0 Å². The smallest absolute Gasteiger partial charge is 0.192 e. The highest BCUT2D eigenvalue weighted by Gasteiger charge is 2.33. The first-order chi connectivity index (χ1) is 10.8. The molecular formula is C16H20N4OS. The van der Waals surface area contributed by atoms with Crippen LogP contribution in [0.5, 0.6) is 0 Å². The normalized spacial score (nSPS) is 25.3. The van der Waals surface area contributed by atoms with Crippen LogP contribution in [0, 0.1) is 0 Å². The van der Waals surface area contributed by atoms with E-state index in [9.17, 15) is 5.11 Å². The van der Waals surface area contributed by atoms with Crippen LogP contribution < -0.4 is 0 Å². The lowest BCUT2D eigenvalue weighted by molar-refractivity contribution is 0.137. The molecule has 0 aromatic carbocycles. The number of nitrogens with zero attached hydrogens (tertiary/aromatic N) is 4. The van der Waals surface area contributed by atoms with Crippen molar-refractivity contribution in [3.63, 3.8) is 0 Å². The highest BCUT2D eigenvalue weighted by molar-refractivity contribution is 7.99. The third-order valence-corrected chi connectivity index (χ3v) is 5.78. The van der Waals surface area contributed by atoms with Crippen molar-refractivity contribution in [2.24, 2.45) is 0 Å². The summed E-state index contributed by atoms with van der Waals surface area (Å²) in [6.07, 6.45) is 10.1. The van der Waals surface area contributed by atoms with Gasteiger partial charge >= 0.3 is 0 Å². The molecule has 2 fully saturated rings. The molecule has 2 aliphatic carbocycles. The largest absolute Gasteiger partial charge is 0.392 e. The Bertz CT molecular complexity index is 641. The topological polar surface area (TPSA) is 63.8 Å². The number of aliphatic hydroxyl groups excluding tert-OH is 1. The maximum Gasteiger partial charge on any atom is 0.192 e. The van der Waals surface area contributed by atoms with Gasteiger partial charge in [-0.25, -0.2) is 0 Å². The molecule has 2 aliphatic rings. The Balaban J connectivity index is 1.64. The van der Waals surface area contributed by atoms with Gasteiger partial charge in [0, 0.05) is 29.2 Å². The third kappa shape index (κ3) is 2.77. The number of aromatic nitrogens is 4. The SMILES string of the molecule is OC1CCCCC1Sc1nnc(-c2ccncc2)n1C1CC1. The zero-order valence-electron chi connectivity index (χ0n) is 12.4. The summed E-state index contributed by atoms with van der Waals surface area (Å²) in [6, 6.07) is 4.47. The maximum atomic E-state index is 10.2. The standard InChI is InChI=1S/C16H20N4OS/c21-13-3-1-2-4-14(13)22-16-19-18-15(20(16)12-5-6-12)11-7-9-17-10-8-11/h7-10,12-14,21H,1-6H2. The van der Waals surface area contributed by atoms with E-state index in [4.69, 9.17) is 0 Å². The average molecular weight is 316 g/mol. The Morgan fingerprint density at radius 3 is 2.55 bits per heavy atom. The summed E-state index contributed by atoms with van der Waals surface area (Å²) >= 11 is 1.71. The highest BCUT2D eigenvalue weighted by Crippen LogP contribution is 2.43. The van der Waals surface area contributed by atoms with E-state index in [0.717, 1.165) is 35.8 Å². The highest BCUT2D eigenvalue weighted by atomic mass is 32.2. The van der Waals surface area contributed by atoms with E-state index in [2.05, 4.69) is 19.7 Å². The molecule has 1 N–H and O–H groups in total. The number of thioether (sulfide) groups is 1. The van der Waals surface area contributed by atoms with Crippen LogP contribution in [-0.2, 0) is 0 Å². The molecule has 0 aliphatic heterocycles. The zero-order chi connectivity index (χ0) is 14.9. The molecule has 0 saturated heterocycles. The van der Waals surface area contributed by atoms with E-state index < -0.39 is 0 Å². The molecule has 0 spiro atoms. The van der Waals surface area contributed by atoms with Crippen molar-refractivity contribution >= 4 is 11.8 Å². The van der Waals surface area contributed by atoms with Crippen LogP contribution in [0.1, 0.15) is 44.6 Å². The molecule has 116 valence electrons. The van der Waals surface area contributed by atoms with Gasteiger partial charge in [0.05, 0.1) is 6.10 Å². The minimum Gasteiger partial charge on any atom is -0.392 e. The summed E-state index contributed by atoms with van der Waals surface area (Å²) in [5.74, 6) is 0.928. The third-order valence-electron chi connectivity index (χ3n) is 4.44. The summed E-state index contributed by atoms with van der Waals surface area (Å²) in [5.41, 5.74) is 1.06. The molecule has 2 unspecified atom stereocenters. The predicted octanol–water partition coefficient (Wildman–Crippen LogP) is 3.07. The second-order valence-corrected chi connectivity index (χ2v) is 7.36. The van der Waals surface area contributed by atoms with Gasteiger partial charge in [-0.1, -0.05) is 24.6 Å². The van der Waals surface area contributed by atoms with E-state index >= 15 is 0 Å². The Labute approximate surface area is 134 Å². The second-order valence-electron chi connectivity index (χ2n) is 6.15. The van der Waals surface area contributed by atoms with E-state index in [1.807, 2.05) is 12.1 Å². The molecule has 2 heterocycles. The quantitative estimate of drug-likeness (QED) is 0.939. The number of rotatable bonds is 4. The van der Waals surface area contributed by atoms with Crippen LogP contribution in [0.2, 0.25) is 0 Å². The van der Waals surface area contributed by atoms with Gasteiger partial charge < -0.3 is 5.11 Å². The van der Waals surface area contributed by atoms with Crippen molar-refractivity contribution in [1.29, 1.82) is 0 Å². The first-order valence-corrected chi connectivity index (χ1v) is 8.91. The summed E-state index contributed by atoms with van der Waals surface area (Å²) in [5, 5.41) is 20.3. The first-order valence-electron chi connectivity index (χ1n) is 8.03. The van der Waals surface area contributed by atoms with Gasteiger partial charge in [0.2, 0.25) is 0 Å². The summed E-state index contributed by atoms with van der Waals surface area (Å²) < 4.78 is 2.27. The minimum atomic E-state index is -0.215. The van der Waals surface area contributed by atoms with Crippen LogP contribution in [0.25, 0.3) is 11.4 Å². The van der Waals surface area contributed by atoms with Crippen molar-refractivity contribution < 1.29 is 5.11 Å². The summed E-state index contributed by atoms with van der Waals surface area (Å²) in [7, 11) is 0. The molecule has 2 aromatic rings. The Hall–Kier alpha value is -1.40. The fourth-order valence-electron chi connectivity index (χ4n) is 3.07. The molecular weight excluding hydrogens is 296 g/mol. The number of pyridine rings is 1. The van der Waals surface area contributed by atoms with Crippen LogP contribution in [-0.4, -0.2) is 36.2 Å². The summed E-state index contributed by atoms with van der Waals surface area (Å²) in [6.45, 7) is 0. The van der Waals surface area contributed by atoms with Crippen molar-refractivity contribution in [1.82, 2.24) is 19.7 Å². The van der Waals surface area contributed by atoms with Gasteiger partial charge in [0.25, 0.3) is 0 Å². The molecule has 4 rings (SSSR count). The number of hydrogen-bond donors (Lipinski definition) is 1. The van der Waals surface area contributed by atoms with Crippen molar-refractivity contribution in [3.05, 3.63) is 24.5 Å². The van der Waals surface area contributed by atoms with Crippen molar-refractivity contribution in [3.8, 4) is 11.4 Å². The lowest BCUT2D eigenvalue weighted by Crippen LogP contribution is -2.27. The van der Waals surface area contributed by atoms with Crippen LogP contribution in [0.4, 0.5) is 0 Å². The van der Waals surface area contributed by atoms with E-state index in [-0.39, 0.29) is 11.4 Å². The molecule has 5 nitrogen and oxygen atoms in total. The molecule has 2 aromatic heterocycles. The molecule has 2 saturated carbocycles. The molecule has 22 heavy (non-hydrogen) atoms. The van der Waals surface area contributed by atoms with Gasteiger partial charge in [-0.3, -0.25) is 9.55 Å².